The predicted molar refractivity (Wildman–Crippen MR) is 121 cm³/mol. The van der Waals surface area contributed by atoms with Crippen LogP contribution >= 0.6 is 11.6 Å². The molecule has 1 heterocycles. The van der Waals surface area contributed by atoms with Crippen molar-refractivity contribution >= 4 is 17.6 Å². The molecular weight excluding hydrogens is 416 g/mol. The van der Waals surface area contributed by atoms with Gasteiger partial charge in [-0.2, -0.15) is 0 Å². The minimum Gasteiger partial charge on any atom is -0.492 e. The molecule has 3 rings (SSSR count). The summed E-state index contributed by atoms with van der Waals surface area (Å²) in [5.41, 5.74) is 2.28. The average molecular weight is 441 g/mol. The third kappa shape index (κ3) is 5.95. The van der Waals surface area contributed by atoms with Crippen molar-refractivity contribution in [2.45, 2.75) is 33.2 Å². The van der Waals surface area contributed by atoms with Crippen molar-refractivity contribution in [3.63, 3.8) is 0 Å². The average Bonchev–Trinajstić information content (AvgIpc) is 2.76. The number of hydrogen-bond donors (Lipinski definition) is 1. The summed E-state index contributed by atoms with van der Waals surface area (Å²) < 4.78 is 7.41. The maximum Gasteiger partial charge on any atom is 0.306 e. The standard InChI is InChI=1S/C24H25ClN2O4/c1-3-22-26-21(18-6-8-19(25)9-7-18)15-23(28)27(22)12-13-31-20-10-4-17(5-11-20)14-16(2)24(29)30/h4-11,15-16H,3,12-14H2,1-2H3,(H,29,30). The maximum absolute atomic E-state index is 12.7. The number of aromatic nitrogens is 2. The normalized spacial score (nSPS) is 11.8. The van der Waals surface area contributed by atoms with Gasteiger partial charge in [0.15, 0.2) is 0 Å². The molecule has 0 aliphatic heterocycles. The van der Waals surface area contributed by atoms with E-state index in [4.69, 9.17) is 21.4 Å². The molecule has 0 saturated carbocycles. The molecular formula is C24H25ClN2O4. The molecule has 7 heteroatoms. The second-order valence-corrected chi connectivity index (χ2v) is 7.78. The Kier molecular flexibility index (Phi) is 7.47. The van der Waals surface area contributed by atoms with Crippen molar-refractivity contribution in [1.29, 1.82) is 0 Å². The lowest BCUT2D eigenvalue weighted by Crippen LogP contribution is -2.27. The van der Waals surface area contributed by atoms with Gasteiger partial charge in [-0.1, -0.05) is 49.7 Å². The van der Waals surface area contributed by atoms with Crippen LogP contribution < -0.4 is 10.3 Å². The highest BCUT2D eigenvalue weighted by Crippen LogP contribution is 2.19. The van der Waals surface area contributed by atoms with E-state index in [9.17, 15) is 9.59 Å². The summed E-state index contributed by atoms with van der Waals surface area (Å²) in [6.07, 6.45) is 1.09. The lowest BCUT2D eigenvalue weighted by molar-refractivity contribution is -0.141. The molecule has 3 aromatic rings. The third-order valence-electron chi connectivity index (χ3n) is 5.01. The summed E-state index contributed by atoms with van der Waals surface area (Å²) >= 11 is 5.94. The summed E-state index contributed by atoms with van der Waals surface area (Å²) in [5.74, 6) is 0.116. The number of carbonyl (C=O) groups is 1. The molecule has 0 fully saturated rings. The minimum absolute atomic E-state index is 0.126. The smallest absolute Gasteiger partial charge is 0.306 e. The molecule has 0 aliphatic carbocycles. The van der Waals surface area contributed by atoms with Crippen molar-refractivity contribution in [2.24, 2.45) is 5.92 Å². The summed E-state index contributed by atoms with van der Waals surface area (Å²) in [4.78, 5) is 28.3. The number of benzene rings is 2. The molecule has 1 atom stereocenters. The summed E-state index contributed by atoms with van der Waals surface area (Å²) in [7, 11) is 0. The van der Waals surface area contributed by atoms with Crippen LogP contribution in [0, 0.1) is 5.92 Å². The van der Waals surface area contributed by atoms with Gasteiger partial charge in [-0.25, -0.2) is 4.98 Å². The van der Waals surface area contributed by atoms with Crippen molar-refractivity contribution < 1.29 is 14.6 Å². The van der Waals surface area contributed by atoms with Gasteiger partial charge in [-0.3, -0.25) is 14.2 Å². The number of nitrogens with zero attached hydrogens (tertiary/aromatic N) is 2. The molecule has 6 nitrogen and oxygen atoms in total. The van der Waals surface area contributed by atoms with E-state index in [-0.39, 0.29) is 5.56 Å². The molecule has 0 saturated heterocycles. The predicted octanol–water partition coefficient (Wildman–Crippen LogP) is 4.47. The summed E-state index contributed by atoms with van der Waals surface area (Å²) in [6.45, 7) is 4.34. The van der Waals surface area contributed by atoms with E-state index < -0.39 is 11.9 Å². The molecule has 1 unspecified atom stereocenters. The van der Waals surface area contributed by atoms with Crippen molar-refractivity contribution in [1.82, 2.24) is 9.55 Å². The zero-order valence-corrected chi connectivity index (χ0v) is 18.3. The van der Waals surface area contributed by atoms with Gasteiger partial charge < -0.3 is 9.84 Å². The summed E-state index contributed by atoms with van der Waals surface area (Å²) in [6, 6.07) is 16.1. The fourth-order valence-corrected chi connectivity index (χ4v) is 3.37. The quantitative estimate of drug-likeness (QED) is 0.531. The van der Waals surface area contributed by atoms with Gasteiger partial charge in [-0.05, 0) is 36.2 Å². The highest BCUT2D eigenvalue weighted by atomic mass is 35.5. The van der Waals surface area contributed by atoms with E-state index in [0.717, 1.165) is 11.1 Å². The molecule has 0 amide bonds. The first-order valence-electron chi connectivity index (χ1n) is 10.2. The number of carboxylic acid groups (broad SMARTS) is 1. The Balaban J connectivity index is 1.65. The second-order valence-electron chi connectivity index (χ2n) is 7.34. The Morgan fingerprint density at radius 3 is 2.45 bits per heavy atom. The number of rotatable bonds is 9. The number of hydrogen-bond acceptors (Lipinski definition) is 4. The van der Waals surface area contributed by atoms with Crippen LogP contribution in [0.4, 0.5) is 0 Å². The van der Waals surface area contributed by atoms with E-state index in [2.05, 4.69) is 4.98 Å². The second kappa shape index (κ2) is 10.3. The van der Waals surface area contributed by atoms with Crippen LogP contribution in [0.1, 0.15) is 25.2 Å². The van der Waals surface area contributed by atoms with E-state index in [0.29, 0.717) is 48.3 Å². The highest BCUT2D eigenvalue weighted by molar-refractivity contribution is 6.30. The van der Waals surface area contributed by atoms with E-state index >= 15 is 0 Å². The topological polar surface area (TPSA) is 81.4 Å². The first kappa shape index (κ1) is 22.6. The Morgan fingerprint density at radius 1 is 1.16 bits per heavy atom. The molecule has 1 N–H and O–H groups in total. The van der Waals surface area contributed by atoms with Gasteiger partial charge in [0.05, 0.1) is 18.2 Å². The van der Waals surface area contributed by atoms with Crippen LogP contribution in [-0.2, 0) is 24.2 Å². The molecule has 31 heavy (non-hydrogen) atoms. The van der Waals surface area contributed by atoms with Crippen LogP contribution in [0.5, 0.6) is 5.75 Å². The molecule has 0 radical (unpaired) electrons. The van der Waals surface area contributed by atoms with Crippen LogP contribution in [-0.4, -0.2) is 27.2 Å². The van der Waals surface area contributed by atoms with Crippen molar-refractivity contribution in [3.8, 4) is 17.0 Å². The third-order valence-corrected chi connectivity index (χ3v) is 5.27. The van der Waals surface area contributed by atoms with Gasteiger partial charge in [0.1, 0.15) is 18.2 Å². The highest BCUT2D eigenvalue weighted by Gasteiger charge is 2.12. The van der Waals surface area contributed by atoms with Gasteiger partial charge in [0.25, 0.3) is 5.56 Å². The zero-order valence-electron chi connectivity index (χ0n) is 17.5. The van der Waals surface area contributed by atoms with Crippen LogP contribution in [0.3, 0.4) is 0 Å². The van der Waals surface area contributed by atoms with Gasteiger partial charge in [0.2, 0.25) is 0 Å². The minimum atomic E-state index is -0.812. The van der Waals surface area contributed by atoms with E-state index in [1.807, 2.05) is 43.3 Å². The number of ether oxygens (including phenoxy) is 1. The van der Waals surface area contributed by atoms with Crippen LogP contribution in [0.25, 0.3) is 11.3 Å². The van der Waals surface area contributed by atoms with Crippen LogP contribution in [0.15, 0.2) is 59.4 Å². The van der Waals surface area contributed by atoms with E-state index in [1.165, 1.54) is 6.07 Å². The Bertz CT molecular complexity index is 1090. The molecule has 0 spiro atoms. The number of carboxylic acids is 1. The molecule has 162 valence electrons. The SMILES string of the molecule is CCc1nc(-c2ccc(Cl)cc2)cc(=O)n1CCOc1ccc(CC(C)C(=O)O)cc1. The number of halogens is 1. The maximum atomic E-state index is 12.7. The van der Waals surface area contributed by atoms with Gasteiger partial charge in [0, 0.05) is 23.1 Å². The fourth-order valence-electron chi connectivity index (χ4n) is 3.25. The lowest BCUT2D eigenvalue weighted by Gasteiger charge is -2.14. The van der Waals surface area contributed by atoms with E-state index in [1.54, 1.807) is 23.6 Å². The van der Waals surface area contributed by atoms with Crippen molar-refractivity contribution in [3.05, 3.63) is 81.4 Å². The molecule has 2 aromatic carbocycles. The number of aryl methyl sites for hydroxylation is 1. The van der Waals surface area contributed by atoms with Crippen molar-refractivity contribution in [2.75, 3.05) is 6.61 Å². The zero-order chi connectivity index (χ0) is 22.4. The van der Waals surface area contributed by atoms with Gasteiger partial charge >= 0.3 is 5.97 Å². The lowest BCUT2D eigenvalue weighted by atomic mass is 10.0. The largest absolute Gasteiger partial charge is 0.492 e. The monoisotopic (exact) mass is 440 g/mol. The Morgan fingerprint density at radius 2 is 1.84 bits per heavy atom. The summed E-state index contributed by atoms with van der Waals surface area (Å²) in [5, 5.41) is 9.65. The first-order valence-corrected chi connectivity index (χ1v) is 10.6. The molecule has 0 bridgehead atoms. The first-order chi connectivity index (χ1) is 14.9. The number of aliphatic carboxylic acids is 1. The fraction of sp³-hybridized carbons (Fsp3) is 0.292. The Hall–Kier alpha value is -3.12. The van der Waals surface area contributed by atoms with Crippen LogP contribution in [0.2, 0.25) is 5.02 Å². The Labute approximate surface area is 186 Å². The molecule has 0 aliphatic rings. The molecule has 1 aromatic heterocycles. The van der Waals surface area contributed by atoms with Gasteiger partial charge in [-0.15, -0.1) is 0 Å².